The number of aryl methyl sites for hydroxylation is 1. The van der Waals surface area contributed by atoms with Gasteiger partial charge in [-0.2, -0.15) is 13.2 Å². The standard InChI is InChI=1S/C20H20F3N3O3/c1-11-8-15(16(27)10-25-17(28)19(3,4)24-18(25)29)12(2)26(11)14-7-5-6-13(9-14)20(21,22)23/h5-9H,10H2,1-4H3,(H,24,29). The molecule has 1 aliphatic rings. The van der Waals surface area contributed by atoms with Crippen molar-refractivity contribution in [3.63, 3.8) is 0 Å². The third-order valence-corrected chi connectivity index (χ3v) is 4.91. The summed E-state index contributed by atoms with van der Waals surface area (Å²) in [5.74, 6) is -0.986. The zero-order valence-corrected chi connectivity index (χ0v) is 16.3. The van der Waals surface area contributed by atoms with Crippen LogP contribution in [0.2, 0.25) is 0 Å². The summed E-state index contributed by atoms with van der Waals surface area (Å²) in [5, 5.41) is 2.50. The molecule has 0 saturated carbocycles. The Bertz CT molecular complexity index is 1020. The smallest absolute Gasteiger partial charge is 0.324 e. The molecule has 154 valence electrons. The van der Waals surface area contributed by atoms with Gasteiger partial charge in [-0.05, 0) is 52.0 Å². The van der Waals surface area contributed by atoms with Crippen LogP contribution in [0.15, 0.2) is 30.3 Å². The number of halogens is 3. The van der Waals surface area contributed by atoms with Gasteiger partial charge in [0.25, 0.3) is 5.91 Å². The van der Waals surface area contributed by atoms with Gasteiger partial charge in [-0.1, -0.05) is 6.07 Å². The maximum atomic E-state index is 13.0. The second-order valence-corrected chi connectivity index (χ2v) is 7.54. The average Bonchev–Trinajstić information content (AvgIpc) is 3.01. The minimum atomic E-state index is -4.49. The van der Waals surface area contributed by atoms with Gasteiger partial charge in [-0.25, -0.2) is 4.79 Å². The maximum Gasteiger partial charge on any atom is 0.416 e. The predicted octanol–water partition coefficient (Wildman–Crippen LogP) is 3.63. The number of Topliss-reactive ketones (excluding diaryl/α,β-unsaturated/α-hetero) is 1. The first-order chi connectivity index (χ1) is 13.3. The fraction of sp³-hybridized carbons (Fsp3) is 0.350. The van der Waals surface area contributed by atoms with Gasteiger partial charge in [-0.3, -0.25) is 14.5 Å². The first kappa shape index (κ1) is 20.6. The minimum Gasteiger partial charge on any atom is -0.324 e. The van der Waals surface area contributed by atoms with Crippen LogP contribution in [0, 0.1) is 13.8 Å². The summed E-state index contributed by atoms with van der Waals surface area (Å²) in [5.41, 5.74) is -0.389. The van der Waals surface area contributed by atoms with E-state index in [0.29, 0.717) is 11.4 Å². The van der Waals surface area contributed by atoms with Crippen LogP contribution in [0.25, 0.3) is 5.69 Å². The summed E-state index contributed by atoms with van der Waals surface area (Å²) in [6.45, 7) is 5.91. The van der Waals surface area contributed by atoms with Gasteiger partial charge in [0.2, 0.25) is 0 Å². The second kappa shape index (κ2) is 6.75. The Kier molecular flexibility index (Phi) is 4.80. The van der Waals surface area contributed by atoms with E-state index in [1.807, 2.05) is 0 Å². The number of imide groups is 1. The summed E-state index contributed by atoms with van der Waals surface area (Å²) in [4.78, 5) is 37.9. The molecule has 3 rings (SSSR count). The van der Waals surface area contributed by atoms with E-state index >= 15 is 0 Å². The van der Waals surface area contributed by atoms with Crippen LogP contribution in [-0.4, -0.2) is 39.3 Å². The normalized spacial score (nSPS) is 16.3. The number of carbonyl (C=O) groups excluding carboxylic acids is 3. The van der Waals surface area contributed by atoms with Crippen molar-refractivity contribution >= 4 is 17.7 Å². The Morgan fingerprint density at radius 1 is 1.14 bits per heavy atom. The van der Waals surface area contributed by atoms with Crippen molar-refractivity contribution < 1.29 is 27.6 Å². The number of alkyl halides is 3. The summed E-state index contributed by atoms with van der Waals surface area (Å²) < 4.78 is 40.7. The number of benzene rings is 1. The quantitative estimate of drug-likeness (QED) is 0.622. The number of ketones is 1. The maximum absolute atomic E-state index is 13.0. The SMILES string of the molecule is Cc1cc(C(=O)CN2C(=O)NC(C)(C)C2=O)c(C)n1-c1cccc(C(F)(F)F)c1. The molecule has 0 radical (unpaired) electrons. The summed E-state index contributed by atoms with van der Waals surface area (Å²) in [6.07, 6.45) is -4.49. The average molecular weight is 407 g/mol. The number of hydrogen-bond donors (Lipinski definition) is 1. The summed E-state index contributed by atoms with van der Waals surface area (Å²) >= 11 is 0. The van der Waals surface area contributed by atoms with Crippen LogP contribution in [0.5, 0.6) is 0 Å². The molecule has 29 heavy (non-hydrogen) atoms. The molecule has 0 atom stereocenters. The topological polar surface area (TPSA) is 71.4 Å². The molecule has 2 heterocycles. The van der Waals surface area contributed by atoms with Crippen molar-refractivity contribution in [1.82, 2.24) is 14.8 Å². The molecular weight excluding hydrogens is 387 g/mol. The van der Waals surface area contributed by atoms with Crippen LogP contribution in [-0.2, 0) is 11.0 Å². The van der Waals surface area contributed by atoms with Crippen LogP contribution < -0.4 is 5.32 Å². The van der Waals surface area contributed by atoms with E-state index < -0.39 is 41.5 Å². The summed E-state index contributed by atoms with van der Waals surface area (Å²) in [7, 11) is 0. The molecule has 2 aromatic rings. The summed E-state index contributed by atoms with van der Waals surface area (Å²) in [6, 6.07) is 5.69. The molecule has 6 nitrogen and oxygen atoms in total. The van der Waals surface area contributed by atoms with Crippen molar-refractivity contribution in [1.29, 1.82) is 0 Å². The van der Waals surface area contributed by atoms with Crippen LogP contribution >= 0.6 is 0 Å². The molecule has 1 N–H and O–H groups in total. The molecule has 1 aromatic heterocycles. The van der Waals surface area contributed by atoms with Crippen LogP contribution in [0.1, 0.15) is 41.2 Å². The van der Waals surface area contributed by atoms with Gasteiger partial charge in [0.1, 0.15) is 5.54 Å². The van der Waals surface area contributed by atoms with E-state index in [4.69, 9.17) is 0 Å². The van der Waals surface area contributed by atoms with Gasteiger partial charge in [-0.15, -0.1) is 0 Å². The zero-order valence-electron chi connectivity index (χ0n) is 16.3. The second-order valence-electron chi connectivity index (χ2n) is 7.54. The number of carbonyl (C=O) groups is 3. The largest absolute Gasteiger partial charge is 0.416 e. The van der Waals surface area contributed by atoms with Gasteiger partial charge in [0.05, 0.1) is 12.1 Å². The fourth-order valence-corrected chi connectivity index (χ4v) is 3.45. The number of rotatable bonds is 4. The number of hydrogen-bond acceptors (Lipinski definition) is 3. The molecule has 1 saturated heterocycles. The highest BCUT2D eigenvalue weighted by molar-refractivity contribution is 6.11. The molecule has 0 unspecified atom stereocenters. The van der Waals surface area contributed by atoms with Crippen molar-refractivity contribution in [3.05, 3.63) is 52.8 Å². The van der Waals surface area contributed by atoms with Crippen molar-refractivity contribution in [2.75, 3.05) is 6.54 Å². The molecule has 0 spiro atoms. The van der Waals surface area contributed by atoms with Crippen LogP contribution in [0.4, 0.5) is 18.0 Å². The Morgan fingerprint density at radius 3 is 2.34 bits per heavy atom. The fourth-order valence-electron chi connectivity index (χ4n) is 3.45. The third kappa shape index (κ3) is 3.64. The highest BCUT2D eigenvalue weighted by Gasteiger charge is 2.45. The number of amides is 3. The molecule has 3 amide bonds. The lowest BCUT2D eigenvalue weighted by Crippen LogP contribution is -2.41. The van der Waals surface area contributed by atoms with Crippen molar-refractivity contribution in [3.8, 4) is 5.69 Å². The van der Waals surface area contributed by atoms with E-state index in [1.54, 1.807) is 19.9 Å². The number of nitrogens with zero attached hydrogens (tertiary/aromatic N) is 2. The lowest BCUT2D eigenvalue weighted by atomic mass is 10.1. The molecule has 1 aliphatic heterocycles. The Balaban J connectivity index is 1.93. The molecular formula is C20H20F3N3O3. The van der Waals surface area contributed by atoms with E-state index in [1.165, 1.54) is 30.5 Å². The highest BCUT2D eigenvalue weighted by Crippen LogP contribution is 2.31. The van der Waals surface area contributed by atoms with Crippen molar-refractivity contribution in [2.45, 2.75) is 39.4 Å². The monoisotopic (exact) mass is 407 g/mol. The Labute approximate surface area is 165 Å². The predicted molar refractivity (Wildman–Crippen MR) is 98.9 cm³/mol. The van der Waals surface area contributed by atoms with E-state index in [2.05, 4.69) is 5.32 Å². The van der Waals surface area contributed by atoms with Gasteiger partial charge >= 0.3 is 12.2 Å². The van der Waals surface area contributed by atoms with Crippen LogP contribution in [0.3, 0.4) is 0 Å². The first-order valence-corrected chi connectivity index (χ1v) is 8.87. The van der Waals surface area contributed by atoms with E-state index in [0.717, 1.165) is 17.0 Å². The number of urea groups is 1. The molecule has 1 aromatic carbocycles. The van der Waals surface area contributed by atoms with Gasteiger partial charge in [0, 0.05) is 22.6 Å². The number of nitrogens with one attached hydrogen (secondary N) is 1. The van der Waals surface area contributed by atoms with E-state index in [-0.39, 0.29) is 11.3 Å². The minimum absolute atomic E-state index is 0.241. The molecule has 1 fully saturated rings. The molecule has 0 aliphatic carbocycles. The molecule has 0 bridgehead atoms. The van der Waals surface area contributed by atoms with Gasteiger partial charge in [0.15, 0.2) is 5.78 Å². The molecule has 9 heteroatoms. The van der Waals surface area contributed by atoms with Crippen molar-refractivity contribution in [2.24, 2.45) is 0 Å². The third-order valence-electron chi connectivity index (χ3n) is 4.91. The first-order valence-electron chi connectivity index (χ1n) is 8.87. The number of aromatic nitrogens is 1. The highest BCUT2D eigenvalue weighted by atomic mass is 19.4. The zero-order chi connectivity index (χ0) is 21.7. The lowest BCUT2D eigenvalue weighted by Gasteiger charge is -2.15. The Morgan fingerprint density at radius 2 is 1.79 bits per heavy atom. The lowest BCUT2D eigenvalue weighted by molar-refractivity contribution is -0.137. The van der Waals surface area contributed by atoms with Gasteiger partial charge < -0.3 is 9.88 Å². The van der Waals surface area contributed by atoms with E-state index in [9.17, 15) is 27.6 Å². The Hall–Kier alpha value is -3.10.